The van der Waals surface area contributed by atoms with Crippen LogP contribution in [-0.2, 0) is 56.1 Å². The molecule has 0 spiro atoms. The fourth-order valence-electron chi connectivity index (χ4n) is 8.84. The van der Waals surface area contributed by atoms with E-state index in [9.17, 15) is 61.8 Å². The third-order valence-electron chi connectivity index (χ3n) is 11.5. The fourth-order valence-corrected chi connectivity index (χ4v) is 11.3. The number of aryl methyl sites for hydroxylation is 1. The molecule has 4 aromatic rings. The summed E-state index contributed by atoms with van der Waals surface area (Å²) in [6, 6.07) is 11.4. The molecule has 0 aromatic heterocycles. The summed E-state index contributed by atoms with van der Waals surface area (Å²) in [7, 11) is -18.8. The van der Waals surface area contributed by atoms with Crippen LogP contribution in [-0.4, -0.2) is 92.1 Å². The fraction of sp³-hybridized carbons (Fsp3) is 0.381. The normalized spacial score (nSPS) is 17.0. The minimum absolute atomic E-state index is 0. The first-order valence-electron chi connectivity index (χ1n) is 19.1. The highest BCUT2D eigenvalue weighted by molar-refractivity contribution is 7.87. The molecule has 336 valence electrons. The van der Waals surface area contributed by atoms with Crippen molar-refractivity contribution in [3.05, 3.63) is 89.1 Å². The third kappa shape index (κ3) is 9.37. The zero-order valence-electron chi connectivity index (χ0n) is 33.9. The number of hydrogen-bond donors (Lipinski definition) is 5. The van der Waals surface area contributed by atoms with E-state index in [1.54, 1.807) is 19.1 Å². The zero-order chi connectivity index (χ0) is 45.2. The summed E-state index contributed by atoms with van der Waals surface area (Å²) in [6.45, 7) is 9.73. The van der Waals surface area contributed by atoms with Crippen LogP contribution in [0.1, 0.15) is 83.9 Å². The maximum Gasteiger partial charge on any atom is 0.303 e. The Kier molecular flexibility index (Phi) is 13.2. The predicted octanol–water partition coefficient (Wildman–Crippen LogP) is 7.21. The van der Waals surface area contributed by atoms with Gasteiger partial charge in [-0.05, 0) is 103 Å². The van der Waals surface area contributed by atoms with Gasteiger partial charge in [0.25, 0.3) is 40.5 Å². The minimum atomic E-state index is -4.98. The Morgan fingerprint density at radius 1 is 0.710 bits per heavy atom. The lowest BCUT2D eigenvalue weighted by atomic mass is 9.78. The number of rotatable bonds is 15. The molecule has 2 aliphatic rings. The van der Waals surface area contributed by atoms with Gasteiger partial charge in [-0.2, -0.15) is 38.2 Å². The number of benzene rings is 4. The van der Waals surface area contributed by atoms with Gasteiger partial charge >= 0.3 is 5.97 Å². The van der Waals surface area contributed by atoms with Crippen molar-refractivity contribution in [3.8, 4) is 0 Å². The molecule has 4 aromatic carbocycles. The van der Waals surface area contributed by atoms with E-state index in [1.165, 1.54) is 18.2 Å². The van der Waals surface area contributed by atoms with Crippen molar-refractivity contribution in [2.45, 2.75) is 99.7 Å². The summed E-state index contributed by atoms with van der Waals surface area (Å²) < 4.78 is 140. The van der Waals surface area contributed by atoms with Gasteiger partial charge in [0.1, 0.15) is 11.4 Å². The van der Waals surface area contributed by atoms with Gasteiger partial charge in [-0.25, -0.2) is 0 Å². The molecule has 62 heavy (non-hydrogen) atoms. The smallest absolute Gasteiger partial charge is 0.303 e. The van der Waals surface area contributed by atoms with Gasteiger partial charge in [0.15, 0.2) is 5.71 Å². The second-order valence-electron chi connectivity index (χ2n) is 16.4. The molecule has 6 rings (SSSR count). The van der Waals surface area contributed by atoms with Gasteiger partial charge in [0.05, 0.1) is 21.0 Å². The number of anilines is 1. The second-order valence-corrected chi connectivity index (χ2v) is 22.2. The van der Waals surface area contributed by atoms with Gasteiger partial charge in [0, 0.05) is 59.3 Å². The van der Waals surface area contributed by atoms with Crippen LogP contribution in [0, 0.1) is 6.92 Å². The molecule has 0 aliphatic carbocycles. The Labute approximate surface area is 362 Å². The number of nitrogens with zero attached hydrogens (tertiary/aromatic N) is 2. The third-order valence-corrected chi connectivity index (χ3v) is 14.8. The monoisotopic (exact) mass is 935 g/mol. The molecule has 0 unspecified atom stereocenters. The summed E-state index contributed by atoms with van der Waals surface area (Å²) >= 11 is 0. The largest absolute Gasteiger partial charge is 0.481 e. The first kappa shape index (κ1) is 48.5. The average molecular weight is 936 g/mol. The van der Waals surface area contributed by atoms with Crippen molar-refractivity contribution < 1.29 is 66.4 Å². The molecule has 5 N–H and O–H groups in total. The van der Waals surface area contributed by atoms with Crippen molar-refractivity contribution in [2.24, 2.45) is 0 Å². The lowest BCUT2D eigenvalue weighted by Gasteiger charge is -2.27. The molecule has 0 fully saturated rings. The molecule has 16 nitrogen and oxygen atoms in total. The molecule has 2 aliphatic heterocycles. The number of carboxylic acids is 1. The summed E-state index contributed by atoms with van der Waals surface area (Å²) in [5.41, 5.74) is 2.52. The van der Waals surface area contributed by atoms with E-state index in [4.69, 9.17) is 0 Å². The number of allylic oxidation sites excluding steroid dienone is 4. The van der Waals surface area contributed by atoms with Crippen LogP contribution in [0.15, 0.2) is 87.1 Å². The van der Waals surface area contributed by atoms with Gasteiger partial charge in [-0.1, -0.05) is 39.8 Å². The number of hydrogen-bond acceptors (Lipinski definition) is 10. The Morgan fingerprint density at radius 3 is 1.89 bits per heavy atom. The van der Waals surface area contributed by atoms with Crippen LogP contribution in [0.4, 0.5) is 11.4 Å². The predicted molar refractivity (Wildman–Crippen MR) is 236 cm³/mol. The van der Waals surface area contributed by atoms with Gasteiger partial charge in [0.2, 0.25) is 5.69 Å². The summed E-state index contributed by atoms with van der Waals surface area (Å²) in [5.74, 6) is -1.46. The van der Waals surface area contributed by atoms with Crippen molar-refractivity contribution in [1.82, 2.24) is 0 Å². The number of unbranched alkanes of at least 4 members (excludes halogenated alkanes) is 2. The van der Waals surface area contributed by atoms with Crippen molar-refractivity contribution in [3.63, 3.8) is 0 Å². The van der Waals surface area contributed by atoms with E-state index in [2.05, 4.69) is 0 Å². The van der Waals surface area contributed by atoms with Crippen molar-refractivity contribution >= 4 is 85.1 Å². The quantitative estimate of drug-likeness (QED) is 0.0448. The SMILES string of the molecule is C.Cc1cc(S(=O)(=O)O)cc2c3c(ccc12)[N+](CCCS(=O)(=O)O)=C(/C=C/C=C1/N(CCCCCC(=O)O)c2ccc4c(S(=O)(=O)O)cc(S(=O)(=O)O)cc4c2C1(C)C)C3(C)C. The highest BCUT2D eigenvalue weighted by Crippen LogP contribution is 2.52. The highest BCUT2D eigenvalue weighted by Gasteiger charge is 2.46. The van der Waals surface area contributed by atoms with Crippen LogP contribution < -0.4 is 4.90 Å². The molecule has 0 saturated heterocycles. The molecule has 20 heteroatoms. The Morgan fingerprint density at radius 2 is 1.31 bits per heavy atom. The van der Waals surface area contributed by atoms with Crippen LogP contribution in [0.2, 0.25) is 0 Å². The molecule has 0 radical (unpaired) electrons. The first-order valence-corrected chi connectivity index (χ1v) is 25.1. The topological polar surface area (TPSA) is 261 Å². The standard InChI is InChI=1S/C41H46N2O14S4.CH4/c1-25-21-26(59(49,50)51)22-30-28(25)14-16-32-38(30)40(2,3)36(43(32)19-10-20-58(46,47)48)12-9-11-35-41(4,5)39-31-23-27(60(52,53)54)24-34(61(55,56)57)29(31)15-17-33(39)42(35)18-8-6-7-13-37(44)45;/h9,11-12,14-17,21-24H,6-8,10,13,18-20H2,1-5H3,(H4-,44,45,46,47,48,49,50,51,52,53,54,55,56,57);1H4/p+1. The van der Waals surface area contributed by atoms with Crippen molar-refractivity contribution in [1.29, 1.82) is 0 Å². The van der Waals surface area contributed by atoms with Gasteiger partial charge in [-0.15, -0.1) is 0 Å². The van der Waals surface area contributed by atoms with Gasteiger partial charge < -0.3 is 10.0 Å². The van der Waals surface area contributed by atoms with E-state index >= 15 is 0 Å². The maximum atomic E-state index is 12.6. The Bertz CT molecular complexity index is 3080. The summed E-state index contributed by atoms with van der Waals surface area (Å²) in [4.78, 5) is 11.4. The second kappa shape index (κ2) is 16.9. The number of aliphatic carboxylic acids is 1. The Hall–Kier alpha value is -4.54. The molecule has 0 bridgehead atoms. The molecule has 2 heterocycles. The first-order chi connectivity index (χ1) is 28.0. The van der Waals surface area contributed by atoms with E-state index in [0.717, 1.165) is 11.5 Å². The van der Waals surface area contributed by atoms with E-state index < -0.39 is 72.8 Å². The maximum absolute atomic E-state index is 12.6. The van der Waals surface area contributed by atoms with Gasteiger partial charge in [-0.3, -0.25) is 23.0 Å². The zero-order valence-corrected chi connectivity index (χ0v) is 37.2. The van der Waals surface area contributed by atoms with Crippen LogP contribution in [0.3, 0.4) is 0 Å². The van der Waals surface area contributed by atoms with E-state index in [-0.39, 0.29) is 42.5 Å². The molecular weight excluding hydrogens is 885 g/mol. The highest BCUT2D eigenvalue weighted by atomic mass is 32.2. The lowest BCUT2D eigenvalue weighted by Crippen LogP contribution is -2.29. The van der Waals surface area contributed by atoms with Crippen LogP contribution >= 0.6 is 0 Å². The van der Waals surface area contributed by atoms with Crippen molar-refractivity contribution in [2.75, 3.05) is 23.7 Å². The number of carboxylic acid groups (broad SMARTS) is 1. The summed E-state index contributed by atoms with van der Waals surface area (Å²) in [5, 5.41) is 10.6. The van der Waals surface area contributed by atoms with Crippen LogP contribution in [0.5, 0.6) is 0 Å². The number of fused-ring (bicyclic) bond motifs is 6. The Balaban J connectivity index is 0.00000726. The molecular formula is C42H51N2O14S4+. The summed E-state index contributed by atoms with van der Waals surface area (Å²) in [6.07, 6.45) is 6.89. The lowest BCUT2D eigenvalue weighted by molar-refractivity contribution is -0.437. The molecule has 0 saturated carbocycles. The minimum Gasteiger partial charge on any atom is -0.481 e. The van der Waals surface area contributed by atoms with Crippen LogP contribution in [0.25, 0.3) is 21.5 Å². The average Bonchev–Trinajstić information content (AvgIpc) is 3.47. The molecule has 0 amide bonds. The number of carbonyl (C=O) groups is 1. The van der Waals surface area contributed by atoms with E-state index in [0.29, 0.717) is 76.7 Å². The molecule has 0 atom stereocenters. The van der Waals surface area contributed by atoms with E-state index in [1.807, 2.05) is 61.5 Å².